The maximum atomic E-state index is 12.7. The summed E-state index contributed by atoms with van der Waals surface area (Å²) < 4.78 is 0.334. The van der Waals surface area contributed by atoms with Crippen molar-refractivity contribution in [2.75, 3.05) is 0 Å². The van der Waals surface area contributed by atoms with Crippen LogP contribution >= 0.6 is 15.9 Å². The van der Waals surface area contributed by atoms with Crippen molar-refractivity contribution in [3.8, 4) is 5.75 Å². The molecule has 0 radical (unpaired) electrons. The van der Waals surface area contributed by atoms with Gasteiger partial charge in [-0.1, -0.05) is 28.1 Å². The maximum Gasteiger partial charge on any atom is 0.263 e. The zero-order valence-corrected chi connectivity index (χ0v) is 15.0. The van der Waals surface area contributed by atoms with Crippen LogP contribution in [0.15, 0.2) is 33.9 Å². The fourth-order valence-corrected chi connectivity index (χ4v) is 4.59. The van der Waals surface area contributed by atoms with Gasteiger partial charge in [-0.15, -0.1) is 0 Å². The van der Waals surface area contributed by atoms with Gasteiger partial charge in [0.1, 0.15) is 0 Å². The molecule has 1 heterocycles. The van der Waals surface area contributed by atoms with E-state index in [2.05, 4.69) is 21.0 Å². The first-order valence-corrected chi connectivity index (χ1v) is 8.93. The Morgan fingerprint density at radius 2 is 1.73 bits per heavy atom. The van der Waals surface area contributed by atoms with Crippen molar-refractivity contribution in [1.82, 2.24) is 5.01 Å². The molecule has 4 atom stereocenters. The molecule has 1 saturated heterocycles. The molecule has 134 valence electrons. The number of allylic oxidation sites excluding steroid dienone is 2. The van der Waals surface area contributed by atoms with E-state index >= 15 is 0 Å². The first-order valence-electron chi connectivity index (χ1n) is 8.13. The first-order chi connectivity index (χ1) is 12.4. The lowest BCUT2D eigenvalue weighted by Gasteiger charge is -2.37. The van der Waals surface area contributed by atoms with Crippen molar-refractivity contribution in [1.29, 1.82) is 0 Å². The molecule has 1 aromatic rings. The summed E-state index contributed by atoms with van der Waals surface area (Å²) >= 11 is 3.11. The van der Waals surface area contributed by atoms with Gasteiger partial charge in [0.15, 0.2) is 0 Å². The molecule has 2 bridgehead atoms. The maximum absolute atomic E-state index is 12.7. The molecule has 5 rings (SSSR count). The zero-order chi connectivity index (χ0) is 18.6. The molecule has 0 N–H and O–H groups in total. The van der Waals surface area contributed by atoms with E-state index in [1.807, 2.05) is 12.2 Å². The number of nitro groups is 1. The Labute approximate surface area is 156 Å². The van der Waals surface area contributed by atoms with Gasteiger partial charge < -0.3 is 5.11 Å². The lowest BCUT2D eigenvalue weighted by molar-refractivity contribution is -0.398. The van der Waals surface area contributed by atoms with Crippen molar-refractivity contribution >= 4 is 39.6 Å². The van der Waals surface area contributed by atoms with Crippen LogP contribution < -0.4 is 5.11 Å². The summed E-state index contributed by atoms with van der Waals surface area (Å²) in [4.78, 5) is 35.5. The Kier molecular flexibility index (Phi) is 3.91. The third kappa shape index (κ3) is 2.45. The molecule has 2 fully saturated rings. The lowest BCUT2D eigenvalue weighted by atomic mass is 9.63. The van der Waals surface area contributed by atoms with E-state index in [1.54, 1.807) is 0 Å². The van der Waals surface area contributed by atoms with E-state index < -0.39 is 28.2 Å². The third-order valence-electron chi connectivity index (χ3n) is 5.31. The van der Waals surface area contributed by atoms with Crippen molar-refractivity contribution < 1.29 is 19.6 Å². The highest BCUT2D eigenvalue weighted by atomic mass is 79.9. The number of nitrogens with zero attached hydrogens (tertiary/aromatic N) is 3. The van der Waals surface area contributed by atoms with Crippen LogP contribution in [0.1, 0.15) is 18.4 Å². The molecule has 1 aromatic carbocycles. The summed E-state index contributed by atoms with van der Waals surface area (Å²) in [6.45, 7) is 0. The van der Waals surface area contributed by atoms with Gasteiger partial charge in [-0.3, -0.25) is 19.7 Å². The quantitative estimate of drug-likeness (QED) is 0.244. The summed E-state index contributed by atoms with van der Waals surface area (Å²) in [5, 5.41) is 27.8. The van der Waals surface area contributed by atoms with Gasteiger partial charge in [0.25, 0.3) is 17.5 Å². The predicted octanol–water partition coefficient (Wildman–Crippen LogP) is 1.96. The monoisotopic (exact) mass is 418 g/mol. The highest BCUT2D eigenvalue weighted by Gasteiger charge is 2.56. The number of hydrogen-bond donors (Lipinski definition) is 0. The number of imide groups is 1. The second kappa shape index (κ2) is 6.01. The number of halogens is 1. The van der Waals surface area contributed by atoms with Crippen molar-refractivity contribution in [3.63, 3.8) is 0 Å². The van der Waals surface area contributed by atoms with E-state index in [1.165, 1.54) is 6.07 Å². The van der Waals surface area contributed by atoms with Gasteiger partial charge in [0.2, 0.25) is 0 Å². The van der Waals surface area contributed by atoms with Crippen LogP contribution in [0.4, 0.5) is 5.69 Å². The average Bonchev–Trinajstić information content (AvgIpc) is 2.89. The Morgan fingerprint density at radius 3 is 2.23 bits per heavy atom. The Hall–Kier alpha value is -2.55. The number of nitro benzene ring substituents is 1. The standard InChI is InChI=1S/C17H14BrN3O5/c18-11-5-10(15(22)12(6-11)21(25)26)7-19-20-16(23)13-8-1-2-9(4-3-8)14(13)17(20)24/h1-2,5-9,13-14,22H,3-4H2/p-1/b19-7-/t8-,9+,13-,14+. The van der Waals surface area contributed by atoms with E-state index in [0.29, 0.717) is 4.47 Å². The molecule has 0 aromatic heterocycles. The van der Waals surface area contributed by atoms with Crippen LogP contribution in [-0.4, -0.2) is 28.0 Å². The molecule has 4 aliphatic rings. The largest absolute Gasteiger partial charge is 0.867 e. The van der Waals surface area contributed by atoms with E-state index in [9.17, 15) is 24.8 Å². The van der Waals surface area contributed by atoms with E-state index in [4.69, 9.17) is 0 Å². The second-order valence-corrected chi connectivity index (χ2v) is 7.59. The van der Waals surface area contributed by atoms with Gasteiger partial charge in [-0.2, -0.15) is 10.1 Å². The average molecular weight is 419 g/mol. The molecular weight excluding hydrogens is 406 g/mol. The van der Waals surface area contributed by atoms with E-state index in [0.717, 1.165) is 30.1 Å². The summed E-state index contributed by atoms with van der Waals surface area (Å²) in [5.41, 5.74) is -0.668. The number of hydrogen-bond acceptors (Lipinski definition) is 6. The summed E-state index contributed by atoms with van der Waals surface area (Å²) in [6, 6.07) is 2.46. The fourth-order valence-electron chi connectivity index (χ4n) is 4.12. The van der Waals surface area contributed by atoms with Crippen LogP contribution in [0, 0.1) is 33.8 Å². The van der Waals surface area contributed by atoms with Crippen LogP contribution in [0.5, 0.6) is 5.75 Å². The predicted molar refractivity (Wildman–Crippen MR) is 92.0 cm³/mol. The molecule has 9 heteroatoms. The van der Waals surface area contributed by atoms with Gasteiger partial charge >= 0.3 is 0 Å². The Bertz CT molecular complexity index is 865. The molecule has 3 aliphatic carbocycles. The van der Waals surface area contributed by atoms with Crippen molar-refractivity contribution in [2.24, 2.45) is 28.8 Å². The Morgan fingerprint density at radius 1 is 1.15 bits per heavy atom. The molecule has 26 heavy (non-hydrogen) atoms. The van der Waals surface area contributed by atoms with Crippen LogP contribution in [-0.2, 0) is 9.59 Å². The second-order valence-electron chi connectivity index (χ2n) is 6.67. The number of benzene rings is 1. The van der Waals surface area contributed by atoms with Gasteiger partial charge in [-0.05, 0) is 42.1 Å². The first kappa shape index (κ1) is 16.9. The van der Waals surface area contributed by atoms with Crippen molar-refractivity contribution in [3.05, 3.63) is 44.4 Å². The number of rotatable bonds is 3. The normalized spacial score (nSPS) is 29.7. The summed E-state index contributed by atoms with van der Waals surface area (Å²) in [5.74, 6) is -2.26. The number of carbonyl (C=O) groups excluding carboxylic acids is 2. The SMILES string of the molecule is O=C1[C@@H]2[C@H](C(=O)N1/N=C\c1cc(Br)cc([N+](=O)[O-])c1[O-])[C@@H]1C=C[C@H]2CC1. The molecule has 0 unspecified atom stereocenters. The molecule has 0 spiro atoms. The minimum absolute atomic E-state index is 0.0451. The highest BCUT2D eigenvalue weighted by Crippen LogP contribution is 2.49. The zero-order valence-electron chi connectivity index (χ0n) is 13.4. The van der Waals surface area contributed by atoms with E-state index in [-0.39, 0.29) is 29.2 Å². The fraction of sp³-hybridized carbons (Fsp3) is 0.353. The lowest BCUT2D eigenvalue weighted by Crippen LogP contribution is -2.38. The van der Waals surface area contributed by atoms with Crippen molar-refractivity contribution in [2.45, 2.75) is 12.8 Å². The Balaban J connectivity index is 1.65. The van der Waals surface area contributed by atoms with Gasteiger partial charge in [0.05, 0.1) is 23.0 Å². The molecule has 1 saturated carbocycles. The number of carbonyl (C=O) groups is 2. The topological polar surface area (TPSA) is 116 Å². The third-order valence-corrected chi connectivity index (χ3v) is 5.77. The number of amides is 2. The smallest absolute Gasteiger partial charge is 0.263 e. The van der Waals surface area contributed by atoms with Gasteiger partial charge in [0, 0.05) is 10.5 Å². The van der Waals surface area contributed by atoms with Crippen LogP contribution in [0.3, 0.4) is 0 Å². The molecule has 2 amide bonds. The number of fused-ring (bicyclic) bond motifs is 1. The minimum atomic E-state index is -0.819. The molecular formula is C17H13BrN3O5-. The molecule has 1 aliphatic heterocycles. The minimum Gasteiger partial charge on any atom is -0.867 e. The van der Waals surface area contributed by atoms with Crippen LogP contribution in [0.25, 0.3) is 0 Å². The van der Waals surface area contributed by atoms with Crippen LogP contribution in [0.2, 0.25) is 0 Å². The number of hydrazone groups is 1. The molecule has 8 nitrogen and oxygen atoms in total. The summed E-state index contributed by atoms with van der Waals surface area (Å²) in [6.07, 6.45) is 6.80. The highest BCUT2D eigenvalue weighted by molar-refractivity contribution is 9.10. The van der Waals surface area contributed by atoms with Gasteiger partial charge in [-0.25, -0.2) is 0 Å². The summed E-state index contributed by atoms with van der Waals surface area (Å²) in [7, 11) is 0.